The standard InChI is InChI=1S/C13H18F3N3OS.HI/c1-12(2,21-3)8-18-11(17)19-9-6-4-5-7-10(9)20-13(14,15)16;/h4-7H,8H2,1-3H3,(H3,17,18,19);1H. The lowest BCUT2D eigenvalue weighted by Crippen LogP contribution is -2.27. The molecule has 126 valence electrons. The Bertz CT molecular complexity index is 510. The molecule has 0 aliphatic heterocycles. The third-order valence-electron chi connectivity index (χ3n) is 2.56. The van der Waals surface area contributed by atoms with Crippen molar-refractivity contribution in [3.63, 3.8) is 0 Å². The zero-order chi connectivity index (χ0) is 16.1. The van der Waals surface area contributed by atoms with Gasteiger partial charge in [-0.15, -0.1) is 37.1 Å². The number of benzene rings is 1. The Morgan fingerprint density at radius 1 is 1.32 bits per heavy atom. The Labute approximate surface area is 149 Å². The van der Waals surface area contributed by atoms with E-state index in [9.17, 15) is 13.2 Å². The maximum absolute atomic E-state index is 12.3. The number of para-hydroxylation sites is 2. The summed E-state index contributed by atoms with van der Waals surface area (Å²) >= 11 is 1.62. The van der Waals surface area contributed by atoms with Crippen molar-refractivity contribution in [2.45, 2.75) is 25.0 Å². The molecule has 0 saturated carbocycles. The van der Waals surface area contributed by atoms with Crippen LogP contribution in [0.15, 0.2) is 29.3 Å². The minimum Gasteiger partial charge on any atom is -0.404 e. The van der Waals surface area contributed by atoms with E-state index in [1.54, 1.807) is 17.8 Å². The van der Waals surface area contributed by atoms with Crippen LogP contribution in [0.3, 0.4) is 0 Å². The maximum Gasteiger partial charge on any atom is 0.573 e. The van der Waals surface area contributed by atoms with E-state index in [0.29, 0.717) is 6.54 Å². The van der Waals surface area contributed by atoms with E-state index in [2.05, 4.69) is 15.0 Å². The fourth-order valence-corrected chi connectivity index (χ4v) is 1.49. The molecule has 0 aromatic heterocycles. The number of aliphatic imine (C=N–C) groups is 1. The van der Waals surface area contributed by atoms with Crippen LogP contribution in [-0.4, -0.2) is 29.9 Å². The van der Waals surface area contributed by atoms with Crippen molar-refractivity contribution in [2.75, 3.05) is 18.1 Å². The van der Waals surface area contributed by atoms with Crippen LogP contribution in [0, 0.1) is 0 Å². The average molecular weight is 449 g/mol. The van der Waals surface area contributed by atoms with Crippen LogP contribution in [0.2, 0.25) is 0 Å². The molecule has 0 amide bonds. The number of guanidine groups is 1. The van der Waals surface area contributed by atoms with Crippen LogP contribution in [0.1, 0.15) is 13.8 Å². The van der Waals surface area contributed by atoms with Crippen molar-refractivity contribution in [1.82, 2.24) is 0 Å². The second-order valence-electron chi connectivity index (χ2n) is 4.83. The summed E-state index contributed by atoms with van der Waals surface area (Å²) in [5.74, 6) is -0.317. The summed E-state index contributed by atoms with van der Waals surface area (Å²) in [7, 11) is 0. The first kappa shape index (κ1) is 21.2. The molecular weight excluding hydrogens is 430 g/mol. The SMILES string of the molecule is CSC(C)(C)CN=C(N)Nc1ccccc1OC(F)(F)F.I. The fraction of sp³-hybridized carbons (Fsp3) is 0.462. The Kier molecular flexibility index (Phi) is 8.37. The van der Waals surface area contributed by atoms with E-state index in [4.69, 9.17) is 5.73 Å². The summed E-state index contributed by atoms with van der Waals surface area (Å²) in [5, 5.41) is 2.62. The summed E-state index contributed by atoms with van der Waals surface area (Å²) in [6, 6.07) is 5.65. The molecule has 0 fully saturated rings. The van der Waals surface area contributed by atoms with E-state index < -0.39 is 6.36 Å². The van der Waals surface area contributed by atoms with E-state index in [1.165, 1.54) is 18.2 Å². The molecule has 0 aliphatic carbocycles. The number of nitrogens with two attached hydrogens (primary N) is 1. The van der Waals surface area contributed by atoms with Crippen LogP contribution in [0.5, 0.6) is 5.75 Å². The molecule has 0 aliphatic rings. The number of rotatable bonds is 5. The van der Waals surface area contributed by atoms with Gasteiger partial charge in [0, 0.05) is 4.75 Å². The van der Waals surface area contributed by atoms with Gasteiger partial charge in [-0.3, -0.25) is 4.99 Å². The quantitative estimate of drug-likeness (QED) is 0.404. The summed E-state index contributed by atoms with van der Waals surface area (Å²) in [6.07, 6.45) is -2.81. The molecule has 0 bridgehead atoms. The highest BCUT2D eigenvalue weighted by Gasteiger charge is 2.32. The van der Waals surface area contributed by atoms with Gasteiger partial charge in [0.15, 0.2) is 11.7 Å². The molecule has 3 N–H and O–H groups in total. The lowest BCUT2D eigenvalue weighted by molar-refractivity contribution is -0.274. The van der Waals surface area contributed by atoms with Crippen molar-refractivity contribution in [2.24, 2.45) is 10.7 Å². The third-order valence-corrected chi connectivity index (χ3v) is 3.79. The van der Waals surface area contributed by atoms with E-state index in [1.807, 2.05) is 20.1 Å². The highest BCUT2D eigenvalue weighted by molar-refractivity contribution is 14.0. The minimum absolute atomic E-state index is 0. The first-order chi connectivity index (χ1) is 9.63. The highest BCUT2D eigenvalue weighted by Crippen LogP contribution is 2.29. The lowest BCUT2D eigenvalue weighted by atomic mass is 10.2. The smallest absolute Gasteiger partial charge is 0.404 e. The highest BCUT2D eigenvalue weighted by atomic mass is 127. The number of alkyl halides is 3. The van der Waals surface area contributed by atoms with Gasteiger partial charge in [-0.2, -0.15) is 11.8 Å². The molecule has 1 aromatic carbocycles. The minimum atomic E-state index is -4.76. The van der Waals surface area contributed by atoms with Crippen molar-refractivity contribution in [3.8, 4) is 5.75 Å². The molecule has 0 unspecified atom stereocenters. The predicted molar refractivity (Wildman–Crippen MR) is 96.2 cm³/mol. The lowest BCUT2D eigenvalue weighted by Gasteiger charge is -2.19. The van der Waals surface area contributed by atoms with Gasteiger partial charge >= 0.3 is 6.36 Å². The van der Waals surface area contributed by atoms with Crippen LogP contribution < -0.4 is 15.8 Å². The molecule has 9 heteroatoms. The maximum atomic E-state index is 12.3. The van der Waals surface area contributed by atoms with Gasteiger partial charge in [0.25, 0.3) is 0 Å². The number of anilines is 1. The van der Waals surface area contributed by atoms with Crippen molar-refractivity contribution in [1.29, 1.82) is 0 Å². The fourth-order valence-electron chi connectivity index (χ4n) is 1.30. The molecule has 0 atom stereocenters. The molecule has 0 heterocycles. The van der Waals surface area contributed by atoms with Gasteiger partial charge in [0.2, 0.25) is 0 Å². The number of ether oxygens (including phenoxy) is 1. The van der Waals surface area contributed by atoms with Crippen molar-refractivity contribution < 1.29 is 17.9 Å². The largest absolute Gasteiger partial charge is 0.573 e. The summed E-state index contributed by atoms with van der Waals surface area (Å²) in [6.45, 7) is 4.43. The third kappa shape index (κ3) is 7.97. The van der Waals surface area contributed by atoms with Crippen molar-refractivity contribution >= 4 is 47.4 Å². The molecular formula is C13H19F3IN3OS. The number of hydrogen-bond acceptors (Lipinski definition) is 3. The average Bonchev–Trinajstić information content (AvgIpc) is 2.37. The zero-order valence-corrected chi connectivity index (χ0v) is 15.5. The monoisotopic (exact) mass is 449 g/mol. The van der Waals surface area contributed by atoms with Gasteiger partial charge in [-0.25, -0.2) is 0 Å². The molecule has 1 aromatic rings. The second-order valence-corrected chi connectivity index (χ2v) is 6.35. The topological polar surface area (TPSA) is 59.6 Å². The normalized spacial score (nSPS) is 12.5. The Morgan fingerprint density at radius 3 is 2.45 bits per heavy atom. The summed E-state index contributed by atoms with van der Waals surface area (Å²) in [5.41, 5.74) is 5.80. The first-order valence-corrected chi connectivity index (χ1v) is 7.32. The number of nitrogens with one attached hydrogen (secondary N) is 1. The Morgan fingerprint density at radius 2 is 1.91 bits per heavy atom. The number of thioether (sulfide) groups is 1. The van der Waals surface area contributed by atoms with Crippen LogP contribution in [-0.2, 0) is 0 Å². The Hall–Kier alpha value is -0.840. The number of halogens is 4. The van der Waals surface area contributed by atoms with E-state index in [-0.39, 0.29) is 46.1 Å². The second kappa shape index (κ2) is 8.70. The van der Waals surface area contributed by atoms with Crippen molar-refractivity contribution in [3.05, 3.63) is 24.3 Å². The predicted octanol–water partition coefficient (Wildman–Crippen LogP) is 4.07. The first-order valence-electron chi connectivity index (χ1n) is 6.10. The molecule has 4 nitrogen and oxygen atoms in total. The zero-order valence-electron chi connectivity index (χ0n) is 12.4. The number of nitrogens with zero attached hydrogens (tertiary/aromatic N) is 1. The molecule has 1 rings (SSSR count). The van der Waals surface area contributed by atoms with Gasteiger partial charge in [0.05, 0.1) is 12.2 Å². The number of hydrogen-bond donors (Lipinski definition) is 2. The van der Waals surface area contributed by atoms with Crippen LogP contribution in [0.4, 0.5) is 18.9 Å². The summed E-state index contributed by atoms with van der Waals surface area (Å²) in [4.78, 5) is 4.13. The van der Waals surface area contributed by atoms with Gasteiger partial charge in [-0.1, -0.05) is 12.1 Å². The van der Waals surface area contributed by atoms with Gasteiger partial charge in [-0.05, 0) is 32.2 Å². The van der Waals surface area contributed by atoms with E-state index in [0.717, 1.165) is 0 Å². The summed E-state index contributed by atoms with van der Waals surface area (Å²) < 4.78 is 40.7. The Balaban J connectivity index is 0.00000441. The molecule has 0 radical (unpaired) electrons. The van der Waals surface area contributed by atoms with E-state index >= 15 is 0 Å². The van der Waals surface area contributed by atoms with Gasteiger partial charge in [0.1, 0.15) is 0 Å². The van der Waals surface area contributed by atoms with Gasteiger partial charge < -0.3 is 15.8 Å². The molecule has 22 heavy (non-hydrogen) atoms. The van der Waals surface area contributed by atoms with Crippen LogP contribution >= 0.6 is 35.7 Å². The van der Waals surface area contributed by atoms with Crippen LogP contribution in [0.25, 0.3) is 0 Å². The molecule has 0 spiro atoms. The molecule has 0 saturated heterocycles.